The molecule has 1 aromatic carbocycles. The number of ether oxygens (including phenoxy) is 3. The molecule has 0 aliphatic rings. The first-order chi connectivity index (χ1) is 15.4. The molecule has 0 unspecified atom stereocenters. The molecule has 7 heteroatoms. The van der Waals surface area contributed by atoms with Gasteiger partial charge in [0, 0.05) is 17.1 Å². The van der Waals surface area contributed by atoms with Crippen LogP contribution in [0.1, 0.15) is 58.6 Å². The molecule has 3 atom stereocenters. The molecule has 0 fully saturated rings. The first-order valence-corrected chi connectivity index (χ1v) is 11.5. The van der Waals surface area contributed by atoms with Crippen molar-refractivity contribution in [2.45, 2.75) is 65.1 Å². The minimum atomic E-state index is -0.493. The summed E-state index contributed by atoms with van der Waals surface area (Å²) in [4.78, 5) is 17.4. The van der Waals surface area contributed by atoms with E-state index in [9.17, 15) is 9.90 Å². The summed E-state index contributed by atoms with van der Waals surface area (Å²) < 4.78 is 17.0. The van der Waals surface area contributed by atoms with E-state index in [0.717, 1.165) is 31.4 Å². The van der Waals surface area contributed by atoms with Crippen LogP contribution in [0.15, 0.2) is 42.6 Å². The lowest BCUT2D eigenvalue weighted by atomic mass is 10.0. The van der Waals surface area contributed by atoms with Crippen LogP contribution < -0.4 is 9.47 Å². The summed E-state index contributed by atoms with van der Waals surface area (Å²) >= 11 is 5.44. The summed E-state index contributed by atoms with van der Waals surface area (Å²) in [6, 6.07) is 11.1. The third kappa shape index (κ3) is 7.48. The fourth-order valence-corrected chi connectivity index (χ4v) is 3.70. The summed E-state index contributed by atoms with van der Waals surface area (Å²) in [7, 11) is 1.46. The Morgan fingerprint density at radius 2 is 1.88 bits per heavy atom. The highest BCUT2D eigenvalue weighted by Crippen LogP contribution is 2.29. The van der Waals surface area contributed by atoms with Crippen LogP contribution in [0.2, 0.25) is 0 Å². The van der Waals surface area contributed by atoms with Crippen LogP contribution in [0.5, 0.6) is 17.2 Å². The van der Waals surface area contributed by atoms with Gasteiger partial charge in [0.25, 0.3) is 0 Å². The average Bonchev–Trinajstić information content (AvgIpc) is 2.79. The molecule has 0 aliphatic heterocycles. The zero-order valence-corrected chi connectivity index (χ0v) is 20.1. The Bertz CT molecular complexity index is 874. The number of pyridine rings is 1. The Balaban J connectivity index is 2.02. The third-order valence-corrected chi connectivity index (χ3v) is 5.57. The normalized spacial score (nSPS) is 13.6. The van der Waals surface area contributed by atoms with E-state index in [4.69, 9.17) is 26.4 Å². The van der Waals surface area contributed by atoms with Gasteiger partial charge in [-0.2, -0.15) is 0 Å². The van der Waals surface area contributed by atoms with Crippen molar-refractivity contribution in [2.75, 3.05) is 7.11 Å². The van der Waals surface area contributed by atoms with Crippen LogP contribution in [0.25, 0.3) is 0 Å². The van der Waals surface area contributed by atoms with Crippen molar-refractivity contribution in [2.24, 2.45) is 5.92 Å². The number of esters is 1. The summed E-state index contributed by atoms with van der Waals surface area (Å²) in [5.74, 6) is 0.0657. The second-order valence-corrected chi connectivity index (χ2v) is 8.34. The van der Waals surface area contributed by atoms with Crippen LogP contribution in [-0.4, -0.2) is 40.2 Å². The number of aromatic hydroxyl groups is 1. The van der Waals surface area contributed by atoms with Crippen LogP contribution in [-0.2, 0) is 9.53 Å². The maximum Gasteiger partial charge on any atom is 0.309 e. The monoisotopic (exact) mass is 459 g/mol. The maximum absolute atomic E-state index is 12.9. The number of benzene rings is 1. The van der Waals surface area contributed by atoms with Crippen LogP contribution in [0, 0.1) is 5.92 Å². The van der Waals surface area contributed by atoms with Gasteiger partial charge in [0.15, 0.2) is 11.5 Å². The summed E-state index contributed by atoms with van der Waals surface area (Å²) in [5.41, 5.74) is 0.249. The van der Waals surface area contributed by atoms with Gasteiger partial charge in [0.05, 0.1) is 13.0 Å². The van der Waals surface area contributed by atoms with E-state index in [1.165, 1.54) is 13.3 Å². The molecule has 1 aromatic heterocycles. The molecule has 0 saturated carbocycles. The Kier molecular flexibility index (Phi) is 10.4. The van der Waals surface area contributed by atoms with Gasteiger partial charge in [-0.1, -0.05) is 57.1 Å². The molecular weight excluding hydrogens is 426 g/mol. The topological polar surface area (TPSA) is 77.9 Å². The number of carbonyl (C=O) groups excluding carboxylic acids is 1. The molecule has 1 heterocycles. The maximum atomic E-state index is 12.9. The fraction of sp³-hybridized carbons (Fsp3) is 0.480. The van der Waals surface area contributed by atoms with E-state index in [2.05, 4.69) is 11.9 Å². The van der Waals surface area contributed by atoms with Gasteiger partial charge in [-0.15, -0.1) is 0 Å². The fourth-order valence-electron chi connectivity index (χ4n) is 3.30. The molecule has 1 N–H and O–H groups in total. The Morgan fingerprint density at radius 1 is 1.16 bits per heavy atom. The number of carbonyl (C=O) groups is 1. The second-order valence-electron chi connectivity index (χ2n) is 7.85. The van der Waals surface area contributed by atoms with Gasteiger partial charge in [-0.3, -0.25) is 9.78 Å². The van der Waals surface area contributed by atoms with Crippen molar-refractivity contribution >= 4 is 23.1 Å². The average molecular weight is 460 g/mol. The molecule has 0 saturated heterocycles. The van der Waals surface area contributed by atoms with Gasteiger partial charge in [-0.25, -0.2) is 0 Å². The van der Waals surface area contributed by atoms with Crippen molar-refractivity contribution in [3.05, 3.63) is 48.3 Å². The molecule has 174 valence electrons. The Hall–Kier alpha value is -2.67. The first kappa shape index (κ1) is 25.6. The molecular formula is C25H33NO5S. The summed E-state index contributed by atoms with van der Waals surface area (Å²) in [5, 5.41) is 10.3. The predicted octanol–water partition coefficient (Wildman–Crippen LogP) is 5.50. The van der Waals surface area contributed by atoms with Gasteiger partial charge < -0.3 is 19.3 Å². The van der Waals surface area contributed by atoms with E-state index in [1.807, 2.05) is 37.3 Å². The molecule has 0 spiro atoms. The largest absolute Gasteiger partial charge is 0.503 e. The highest BCUT2D eigenvalue weighted by molar-refractivity contribution is 7.80. The lowest BCUT2D eigenvalue weighted by molar-refractivity contribution is -0.158. The number of aromatic nitrogens is 1. The van der Waals surface area contributed by atoms with E-state index in [1.54, 1.807) is 13.0 Å². The van der Waals surface area contributed by atoms with Crippen molar-refractivity contribution in [3.8, 4) is 17.2 Å². The molecule has 0 aliphatic carbocycles. The van der Waals surface area contributed by atoms with E-state index in [-0.39, 0.29) is 41.8 Å². The highest BCUT2D eigenvalue weighted by Gasteiger charge is 2.27. The number of thiocarbonyl (C=S) groups is 1. The van der Waals surface area contributed by atoms with Crippen LogP contribution in [0.3, 0.4) is 0 Å². The molecule has 0 bridgehead atoms. The minimum Gasteiger partial charge on any atom is -0.503 e. The third-order valence-electron chi connectivity index (χ3n) is 5.21. The van der Waals surface area contributed by atoms with Gasteiger partial charge >= 0.3 is 5.97 Å². The predicted molar refractivity (Wildman–Crippen MR) is 128 cm³/mol. The Labute approximate surface area is 195 Å². The first-order valence-electron chi connectivity index (χ1n) is 11.0. The molecule has 6 nitrogen and oxygen atoms in total. The highest BCUT2D eigenvalue weighted by atomic mass is 32.1. The summed E-state index contributed by atoms with van der Waals surface area (Å²) in [6.45, 7) is 5.82. The zero-order chi connectivity index (χ0) is 23.5. The number of nitrogens with zero attached hydrogens (tertiary/aromatic N) is 1. The van der Waals surface area contributed by atoms with E-state index >= 15 is 0 Å². The van der Waals surface area contributed by atoms with E-state index < -0.39 is 5.92 Å². The minimum absolute atomic E-state index is 0.122. The second kappa shape index (κ2) is 13.0. The number of para-hydroxylation sites is 1. The number of unbranched alkanes of at least 4 members (excludes halogenated alkanes) is 2. The van der Waals surface area contributed by atoms with Crippen molar-refractivity contribution in [1.29, 1.82) is 0 Å². The van der Waals surface area contributed by atoms with Gasteiger partial charge in [-0.05, 0) is 38.3 Å². The Morgan fingerprint density at radius 3 is 2.53 bits per heavy atom. The number of methoxy groups -OCH3 is 1. The molecule has 32 heavy (non-hydrogen) atoms. The molecule has 0 radical (unpaired) electrons. The lowest BCUT2D eigenvalue weighted by Crippen LogP contribution is -2.35. The number of hydrogen-bond donors (Lipinski definition) is 1. The molecule has 2 aromatic rings. The standard InChI is InChI=1S/C25H33NO5S/c1-5-6-8-13-20(18(3)30-19-11-9-7-10-12-19)31-25(28)17(2)16-22(32)23-24(27)21(29-4)14-15-26-23/h7,9-12,14-15,17-18,20,27H,5-6,8,13,16H2,1-4H3/t17-,18+,20-/m1/s1. The van der Waals surface area contributed by atoms with Gasteiger partial charge in [0.1, 0.15) is 23.7 Å². The molecule has 2 rings (SSSR count). The van der Waals surface area contributed by atoms with Gasteiger partial charge in [0.2, 0.25) is 0 Å². The smallest absolute Gasteiger partial charge is 0.309 e. The number of hydrogen-bond acceptors (Lipinski definition) is 7. The SMILES string of the molecule is CCCCC[C@@H](OC(=O)[C@H](C)CC(=S)c1nccc(OC)c1O)[C@H](C)Oc1ccccc1. The van der Waals surface area contributed by atoms with Crippen LogP contribution >= 0.6 is 12.2 Å². The van der Waals surface area contributed by atoms with Crippen molar-refractivity contribution in [3.63, 3.8) is 0 Å². The zero-order valence-electron chi connectivity index (χ0n) is 19.2. The number of rotatable bonds is 13. The van der Waals surface area contributed by atoms with Crippen LogP contribution in [0.4, 0.5) is 0 Å². The van der Waals surface area contributed by atoms with Crippen molar-refractivity contribution < 1.29 is 24.1 Å². The van der Waals surface area contributed by atoms with E-state index in [0.29, 0.717) is 4.86 Å². The molecule has 0 amide bonds. The quantitative estimate of drug-likeness (QED) is 0.183. The lowest BCUT2D eigenvalue weighted by Gasteiger charge is -2.26. The van der Waals surface area contributed by atoms with Crippen molar-refractivity contribution in [1.82, 2.24) is 4.98 Å². The summed E-state index contributed by atoms with van der Waals surface area (Å²) in [6.07, 6.45) is 4.90.